The van der Waals surface area contributed by atoms with Crippen LogP contribution in [0.5, 0.6) is 0 Å². The second-order valence-electron chi connectivity index (χ2n) is 5.66. The predicted octanol–water partition coefficient (Wildman–Crippen LogP) is 2.91. The van der Waals surface area contributed by atoms with Crippen molar-refractivity contribution in [2.24, 2.45) is 5.92 Å². The summed E-state index contributed by atoms with van der Waals surface area (Å²) in [5, 5.41) is 9.03. The normalized spacial score (nSPS) is 13.2. The van der Waals surface area contributed by atoms with Crippen molar-refractivity contribution in [2.75, 3.05) is 5.32 Å². The lowest BCUT2D eigenvalue weighted by Crippen LogP contribution is -2.47. The molecule has 0 bridgehead atoms. The zero-order chi connectivity index (χ0) is 17.7. The van der Waals surface area contributed by atoms with Crippen LogP contribution in [-0.2, 0) is 4.79 Å². The largest absolute Gasteiger partial charge is 0.360 e. The topological polar surface area (TPSA) is 84.2 Å². The lowest BCUT2D eigenvalue weighted by molar-refractivity contribution is -0.119. The number of benzene rings is 1. The number of anilines is 1. The highest BCUT2D eigenvalue weighted by molar-refractivity contribution is 6.00. The lowest BCUT2D eigenvalue weighted by atomic mass is 9.98. The molecule has 0 aliphatic rings. The quantitative estimate of drug-likeness (QED) is 0.851. The Balaban J connectivity index is 2.11. The van der Waals surface area contributed by atoms with Gasteiger partial charge in [0.05, 0.1) is 0 Å². The van der Waals surface area contributed by atoms with Crippen LogP contribution in [-0.4, -0.2) is 23.0 Å². The average Bonchev–Trinajstić information content (AvgIpc) is 2.97. The van der Waals surface area contributed by atoms with Crippen molar-refractivity contribution in [3.63, 3.8) is 0 Å². The molecule has 128 valence electrons. The number of hydrogen-bond donors (Lipinski definition) is 2. The molecule has 2 N–H and O–H groups in total. The van der Waals surface area contributed by atoms with Crippen LogP contribution in [0.15, 0.2) is 34.9 Å². The van der Waals surface area contributed by atoms with E-state index in [0.29, 0.717) is 18.0 Å². The van der Waals surface area contributed by atoms with Crippen LogP contribution in [0, 0.1) is 18.7 Å². The second kappa shape index (κ2) is 7.72. The summed E-state index contributed by atoms with van der Waals surface area (Å²) in [6.07, 6.45) is 0.694. The summed E-state index contributed by atoms with van der Waals surface area (Å²) in [6.45, 7) is 5.50. The van der Waals surface area contributed by atoms with Gasteiger partial charge in [-0.3, -0.25) is 9.59 Å². The molecule has 7 heteroatoms. The second-order valence-corrected chi connectivity index (χ2v) is 5.66. The smallest absolute Gasteiger partial charge is 0.251 e. The molecule has 2 aromatic rings. The van der Waals surface area contributed by atoms with Gasteiger partial charge in [-0.2, -0.15) is 0 Å². The van der Waals surface area contributed by atoms with E-state index >= 15 is 0 Å². The molecule has 1 aromatic heterocycles. The number of carbonyl (C=O) groups excluding carboxylic acids is 2. The molecular weight excluding hydrogens is 313 g/mol. The predicted molar refractivity (Wildman–Crippen MR) is 87.0 cm³/mol. The molecule has 0 radical (unpaired) electrons. The monoisotopic (exact) mass is 333 g/mol. The average molecular weight is 333 g/mol. The van der Waals surface area contributed by atoms with Gasteiger partial charge in [-0.05, 0) is 37.1 Å². The summed E-state index contributed by atoms with van der Waals surface area (Å²) in [6, 6.07) is 5.99. The zero-order valence-electron chi connectivity index (χ0n) is 13.8. The van der Waals surface area contributed by atoms with Crippen LogP contribution in [0.25, 0.3) is 0 Å². The molecule has 1 unspecified atom stereocenters. The molecule has 1 aromatic carbocycles. The maximum Gasteiger partial charge on any atom is 0.251 e. The first kappa shape index (κ1) is 17.7. The van der Waals surface area contributed by atoms with Gasteiger partial charge < -0.3 is 15.2 Å². The molecular formula is C17H20FN3O3. The summed E-state index contributed by atoms with van der Waals surface area (Å²) in [7, 11) is 0. The highest BCUT2D eigenvalue weighted by Gasteiger charge is 2.27. The molecule has 1 heterocycles. The summed E-state index contributed by atoms with van der Waals surface area (Å²) < 4.78 is 17.9. The third-order valence-electron chi connectivity index (χ3n) is 3.77. The summed E-state index contributed by atoms with van der Waals surface area (Å²) in [4.78, 5) is 24.8. The van der Waals surface area contributed by atoms with Crippen molar-refractivity contribution >= 4 is 17.6 Å². The third kappa shape index (κ3) is 4.41. The lowest BCUT2D eigenvalue weighted by Gasteiger charge is -2.23. The van der Waals surface area contributed by atoms with Crippen LogP contribution in [0.2, 0.25) is 0 Å². The Kier molecular flexibility index (Phi) is 5.68. The molecule has 0 aliphatic carbocycles. The molecule has 0 saturated carbocycles. The molecule has 0 saturated heterocycles. The number of nitrogens with one attached hydrogen (secondary N) is 2. The highest BCUT2D eigenvalue weighted by Crippen LogP contribution is 2.13. The minimum atomic E-state index is -0.746. The maximum absolute atomic E-state index is 13.0. The Labute approximate surface area is 139 Å². The molecule has 2 rings (SSSR count). The number of nitrogens with zero attached hydrogens (tertiary/aromatic N) is 1. The van der Waals surface area contributed by atoms with E-state index in [1.807, 2.05) is 13.8 Å². The van der Waals surface area contributed by atoms with Crippen LogP contribution < -0.4 is 10.6 Å². The van der Waals surface area contributed by atoms with E-state index in [2.05, 4.69) is 15.8 Å². The van der Waals surface area contributed by atoms with Gasteiger partial charge in [0.25, 0.3) is 5.91 Å². The van der Waals surface area contributed by atoms with Gasteiger partial charge >= 0.3 is 0 Å². The number of aryl methyl sites for hydroxylation is 1. The summed E-state index contributed by atoms with van der Waals surface area (Å²) >= 11 is 0. The minimum absolute atomic E-state index is 0.0950. The fraction of sp³-hybridized carbons (Fsp3) is 0.353. The Morgan fingerprint density at radius 1 is 1.29 bits per heavy atom. The van der Waals surface area contributed by atoms with Gasteiger partial charge in [-0.1, -0.05) is 25.4 Å². The number of hydrogen-bond acceptors (Lipinski definition) is 4. The van der Waals surface area contributed by atoms with Crippen LogP contribution in [0.4, 0.5) is 10.2 Å². The van der Waals surface area contributed by atoms with Crippen LogP contribution >= 0.6 is 0 Å². The Morgan fingerprint density at radius 2 is 1.96 bits per heavy atom. The van der Waals surface area contributed by atoms with Gasteiger partial charge in [0, 0.05) is 11.6 Å². The van der Waals surface area contributed by atoms with Crippen molar-refractivity contribution in [1.29, 1.82) is 0 Å². The highest BCUT2D eigenvalue weighted by atomic mass is 19.1. The summed E-state index contributed by atoms with van der Waals surface area (Å²) in [5.41, 5.74) is 0.287. The molecule has 0 aliphatic heterocycles. The third-order valence-corrected chi connectivity index (χ3v) is 3.77. The Morgan fingerprint density at radius 3 is 2.50 bits per heavy atom. The number of rotatable bonds is 6. The van der Waals surface area contributed by atoms with E-state index in [0.717, 1.165) is 0 Å². The molecule has 6 nitrogen and oxygen atoms in total. The molecule has 2 atom stereocenters. The van der Waals surface area contributed by atoms with Crippen molar-refractivity contribution in [1.82, 2.24) is 10.5 Å². The van der Waals surface area contributed by atoms with E-state index < -0.39 is 17.8 Å². The molecule has 0 fully saturated rings. The maximum atomic E-state index is 13.0. The Hall–Kier alpha value is -2.70. The standard InChI is InChI=1S/C17H20FN3O3/c1-4-10(2)15(17(23)19-14-9-11(3)24-21-14)20-16(22)12-5-7-13(18)8-6-12/h5-10,15H,4H2,1-3H3,(H,20,22)(H,19,21,23)/t10?,15-/m0/s1. The SMILES string of the molecule is CCC(C)[C@H](NC(=O)c1ccc(F)cc1)C(=O)Nc1cc(C)on1. The molecule has 24 heavy (non-hydrogen) atoms. The number of amides is 2. The van der Waals surface area contributed by atoms with Crippen molar-refractivity contribution in [3.05, 3.63) is 47.5 Å². The van der Waals surface area contributed by atoms with E-state index in [1.165, 1.54) is 24.3 Å². The van der Waals surface area contributed by atoms with Gasteiger partial charge in [0.15, 0.2) is 5.82 Å². The minimum Gasteiger partial charge on any atom is -0.360 e. The first-order chi connectivity index (χ1) is 11.4. The fourth-order valence-corrected chi connectivity index (χ4v) is 2.16. The van der Waals surface area contributed by atoms with E-state index in [9.17, 15) is 14.0 Å². The first-order valence-electron chi connectivity index (χ1n) is 7.71. The van der Waals surface area contributed by atoms with E-state index in [-0.39, 0.29) is 17.4 Å². The van der Waals surface area contributed by atoms with Gasteiger partial charge in [-0.15, -0.1) is 0 Å². The molecule has 0 spiro atoms. The van der Waals surface area contributed by atoms with E-state index in [4.69, 9.17) is 4.52 Å². The first-order valence-corrected chi connectivity index (χ1v) is 7.71. The van der Waals surface area contributed by atoms with Gasteiger partial charge in [0.1, 0.15) is 17.6 Å². The Bertz CT molecular complexity index is 712. The number of carbonyl (C=O) groups is 2. The number of aromatic nitrogens is 1. The van der Waals surface area contributed by atoms with Gasteiger partial charge in [0.2, 0.25) is 5.91 Å². The van der Waals surface area contributed by atoms with Crippen LogP contribution in [0.3, 0.4) is 0 Å². The van der Waals surface area contributed by atoms with Crippen molar-refractivity contribution in [3.8, 4) is 0 Å². The van der Waals surface area contributed by atoms with Crippen molar-refractivity contribution in [2.45, 2.75) is 33.2 Å². The summed E-state index contributed by atoms with van der Waals surface area (Å²) in [5.74, 6) is -0.478. The van der Waals surface area contributed by atoms with Gasteiger partial charge in [-0.25, -0.2) is 4.39 Å². The van der Waals surface area contributed by atoms with Crippen LogP contribution in [0.1, 0.15) is 36.4 Å². The van der Waals surface area contributed by atoms with E-state index in [1.54, 1.807) is 13.0 Å². The fourth-order valence-electron chi connectivity index (χ4n) is 2.16. The number of halogens is 1. The zero-order valence-corrected chi connectivity index (χ0v) is 13.8. The molecule has 2 amide bonds. The van der Waals surface area contributed by atoms with Crippen molar-refractivity contribution < 1.29 is 18.5 Å².